The topological polar surface area (TPSA) is 110 Å². The van der Waals surface area contributed by atoms with E-state index in [0.29, 0.717) is 28.8 Å². The minimum absolute atomic E-state index is 0.103. The van der Waals surface area contributed by atoms with Crippen molar-refractivity contribution in [3.63, 3.8) is 0 Å². The third-order valence-corrected chi connectivity index (χ3v) is 4.75. The van der Waals surface area contributed by atoms with Crippen LogP contribution in [-0.2, 0) is 14.3 Å². The molecule has 1 aliphatic rings. The zero-order chi connectivity index (χ0) is 22.4. The Morgan fingerprint density at radius 3 is 2.10 bits per heavy atom. The molecule has 1 N–H and O–H groups in total. The van der Waals surface area contributed by atoms with E-state index in [-0.39, 0.29) is 18.9 Å². The number of ketones is 1. The molecule has 3 rings (SSSR count). The van der Waals surface area contributed by atoms with Crippen LogP contribution < -0.4 is 5.32 Å². The lowest BCUT2D eigenvalue weighted by Crippen LogP contribution is -2.32. The van der Waals surface area contributed by atoms with Crippen molar-refractivity contribution in [2.75, 3.05) is 18.5 Å². The SMILES string of the molecule is CCCC(=O)Nc1ccc(C(=O)COC(=O)CCN2C(=O)c3ccccc3C2=O)cc1. The number of carbonyl (C=O) groups excluding carboxylic acids is 5. The molecule has 2 aromatic rings. The highest BCUT2D eigenvalue weighted by Gasteiger charge is 2.35. The fourth-order valence-electron chi connectivity index (χ4n) is 3.14. The largest absolute Gasteiger partial charge is 0.457 e. The Kier molecular flexibility index (Phi) is 6.92. The molecule has 2 aromatic carbocycles. The number of nitrogens with one attached hydrogen (secondary N) is 1. The fraction of sp³-hybridized carbons (Fsp3) is 0.261. The van der Waals surface area contributed by atoms with Crippen LogP contribution in [0.1, 0.15) is 57.3 Å². The maximum absolute atomic E-state index is 12.3. The molecular weight excluding hydrogens is 400 g/mol. The van der Waals surface area contributed by atoms with Gasteiger partial charge in [0.05, 0.1) is 17.5 Å². The van der Waals surface area contributed by atoms with Crippen LogP contribution in [0.2, 0.25) is 0 Å². The number of hydrogen-bond acceptors (Lipinski definition) is 6. The van der Waals surface area contributed by atoms with Crippen LogP contribution in [0.4, 0.5) is 5.69 Å². The maximum Gasteiger partial charge on any atom is 0.308 e. The minimum Gasteiger partial charge on any atom is -0.457 e. The number of anilines is 1. The number of esters is 1. The van der Waals surface area contributed by atoms with Gasteiger partial charge in [0, 0.05) is 24.2 Å². The Morgan fingerprint density at radius 2 is 1.52 bits per heavy atom. The zero-order valence-corrected chi connectivity index (χ0v) is 17.1. The second-order valence-electron chi connectivity index (χ2n) is 7.02. The summed E-state index contributed by atoms with van der Waals surface area (Å²) in [7, 11) is 0. The Balaban J connectivity index is 1.46. The van der Waals surface area contributed by atoms with Gasteiger partial charge in [-0.05, 0) is 42.8 Å². The molecule has 8 heteroatoms. The predicted molar refractivity (Wildman–Crippen MR) is 112 cm³/mol. The second-order valence-corrected chi connectivity index (χ2v) is 7.02. The van der Waals surface area contributed by atoms with Crippen LogP contribution in [-0.4, -0.2) is 47.5 Å². The summed E-state index contributed by atoms with van der Waals surface area (Å²) < 4.78 is 4.98. The first kappa shape index (κ1) is 21.9. The van der Waals surface area contributed by atoms with Crippen LogP contribution in [0, 0.1) is 0 Å². The van der Waals surface area contributed by atoms with Gasteiger partial charge in [0.2, 0.25) is 5.91 Å². The van der Waals surface area contributed by atoms with Gasteiger partial charge < -0.3 is 10.1 Å². The number of fused-ring (bicyclic) bond motifs is 1. The quantitative estimate of drug-likeness (QED) is 0.378. The van der Waals surface area contributed by atoms with Crippen LogP contribution in [0.3, 0.4) is 0 Å². The molecule has 3 amide bonds. The average molecular weight is 422 g/mol. The van der Waals surface area contributed by atoms with Crippen LogP contribution in [0.25, 0.3) is 0 Å². The van der Waals surface area contributed by atoms with Crippen molar-refractivity contribution in [2.45, 2.75) is 26.2 Å². The molecular formula is C23H22N2O6. The summed E-state index contributed by atoms with van der Waals surface area (Å²) in [6, 6.07) is 12.7. The first-order chi connectivity index (χ1) is 14.9. The Bertz CT molecular complexity index is 994. The summed E-state index contributed by atoms with van der Waals surface area (Å²) in [6.45, 7) is 1.33. The van der Waals surface area contributed by atoms with E-state index in [4.69, 9.17) is 4.74 Å². The molecule has 1 heterocycles. The molecule has 0 saturated carbocycles. The summed E-state index contributed by atoms with van der Waals surface area (Å²) >= 11 is 0. The van der Waals surface area contributed by atoms with Gasteiger partial charge in [0.15, 0.2) is 12.4 Å². The van der Waals surface area contributed by atoms with Gasteiger partial charge in [-0.1, -0.05) is 19.1 Å². The van der Waals surface area contributed by atoms with Crippen molar-refractivity contribution in [1.82, 2.24) is 4.90 Å². The second kappa shape index (κ2) is 9.80. The summed E-state index contributed by atoms with van der Waals surface area (Å²) in [5.74, 6) is -2.09. The first-order valence-corrected chi connectivity index (χ1v) is 9.94. The molecule has 31 heavy (non-hydrogen) atoms. The third-order valence-electron chi connectivity index (χ3n) is 4.75. The van der Waals surface area contributed by atoms with Crippen molar-refractivity contribution in [3.05, 3.63) is 65.2 Å². The fourth-order valence-corrected chi connectivity index (χ4v) is 3.14. The monoisotopic (exact) mass is 422 g/mol. The van der Waals surface area contributed by atoms with Crippen molar-refractivity contribution < 1.29 is 28.7 Å². The number of amides is 3. The van der Waals surface area contributed by atoms with Crippen molar-refractivity contribution in [3.8, 4) is 0 Å². The van der Waals surface area contributed by atoms with E-state index < -0.39 is 30.2 Å². The highest BCUT2D eigenvalue weighted by atomic mass is 16.5. The molecule has 0 atom stereocenters. The van der Waals surface area contributed by atoms with E-state index in [9.17, 15) is 24.0 Å². The number of nitrogens with zero attached hydrogens (tertiary/aromatic N) is 1. The molecule has 0 saturated heterocycles. The van der Waals surface area contributed by atoms with E-state index in [1.165, 1.54) is 12.1 Å². The number of carbonyl (C=O) groups is 5. The van der Waals surface area contributed by atoms with Crippen LogP contribution in [0.5, 0.6) is 0 Å². The average Bonchev–Trinajstić information content (AvgIpc) is 3.01. The Hall–Kier alpha value is -3.81. The summed E-state index contributed by atoms with van der Waals surface area (Å²) in [4.78, 5) is 61.3. The summed E-state index contributed by atoms with van der Waals surface area (Å²) in [6.07, 6.45) is 0.944. The number of rotatable bonds is 9. The van der Waals surface area contributed by atoms with E-state index in [0.717, 1.165) is 11.3 Å². The predicted octanol–water partition coefficient (Wildman–Crippen LogP) is 2.84. The first-order valence-electron chi connectivity index (χ1n) is 9.94. The van der Waals surface area contributed by atoms with Gasteiger partial charge in [-0.15, -0.1) is 0 Å². The number of benzene rings is 2. The van der Waals surface area contributed by atoms with E-state index in [2.05, 4.69) is 5.32 Å². The lowest BCUT2D eigenvalue weighted by Gasteiger charge is -2.13. The molecule has 160 valence electrons. The maximum atomic E-state index is 12.3. The van der Waals surface area contributed by atoms with Gasteiger partial charge >= 0.3 is 5.97 Å². The smallest absolute Gasteiger partial charge is 0.308 e. The van der Waals surface area contributed by atoms with Crippen molar-refractivity contribution in [2.24, 2.45) is 0 Å². The highest BCUT2D eigenvalue weighted by molar-refractivity contribution is 6.21. The highest BCUT2D eigenvalue weighted by Crippen LogP contribution is 2.22. The van der Waals surface area contributed by atoms with Crippen LogP contribution >= 0.6 is 0 Å². The Morgan fingerprint density at radius 1 is 0.903 bits per heavy atom. The van der Waals surface area contributed by atoms with Gasteiger partial charge in [-0.2, -0.15) is 0 Å². The molecule has 1 aliphatic heterocycles. The minimum atomic E-state index is -0.687. The molecule has 0 spiro atoms. The molecule has 0 unspecified atom stereocenters. The number of imide groups is 1. The number of Topliss-reactive ketones (excluding diaryl/α,β-unsaturated/α-hetero) is 1. The molecule has 0 aliphatic carbocycles. The van der Waals surface area contributed by atoms with E-state index >= 15 is 0 Å². The normalized spacial score (nSPS) is 12.5. The van der Waals surface area contributed by atoms with E-state index in [1.54, 1.807) is 36.4 Å². The standard InChI is InChI=1S/C23H22N2O6/c1-2-5-20(27)24-16-10-8-15(9-11-16)19(26)14-31-21(28)12-13-25-22(29)17-6-3-4-7-18(17)23(25)30/h3-4,6-11H,2,5,12-14H2,1H3,(H,24,27). The zero-order valence-electron chi connectivity index (χ0n) is 17.1. The molecule has 8 nitrogen and oxygen atoms in total. The lowest BCUT2D eigenvalue weighted by molar-refractivity contribution is -0.142. The lowest BCUT2D eigenvalue weighted by atomic mass is 10.1. The van der Waals surface area contributed by atoms with Crippen molar-refractivity contribution in [1.29, 1.82) is 0 Å². The van der Waals surface area contributed by atoms with Gasteiger partial charge in [-0.25, -0.2) is 0 Å². The molecule has 0 radical (unpaired) electrons. The van der Waals surface area contributed by atoms with Crippen molar-refractivity contribution >= 4 is 35.2 Å². The summed E-state index contributed by atoms with van der Waals surface area (Å²) in [5, 5.41) is 2.72. The van der Waals surface area contributed by atoms with Gasteiger partial charge in [0.25, 0.3) is 11.8 Å². The number of ether oxygens (including phenoxy) is 1. The van der Waals surface area contributed by atoms with Gasteiger partial charge in [0.1, 0.15) is 0 Å². The summed E-state index contributed by atoms with van der Waals surface area (Å²) in [5.41, 5.74) is 1.53. The van der Waals surface area contributed by atoms with Crippen LogP contribution in [0.15, 0.2) is 48.5 Å². The number of hydrogen-bond donors (Lipinski definition) is 1. The molecule has 0 aromatic heterocycles. The third kappa shape index (κ3) is 5.22. The molecule has 0 bridgehead atoms. The molecule has 0 fully saturated rings. The Labute approximate surface area is 179 Å². The van der Waals surface area contributed by atoms with Gasteiger partial charge in [-0.3, -0.25) is 28.9 Å². The van der Waals surface area contributed by atoms with E-state index in [1.807, 2.05) is 6.92 Å².